The summed E-state index contributed by atoms with van der Waals surface area (Å²) in [6.45, 7) is 0.801. The van der Waals surface area contributed by atoms with Gasteiger partial charge in [0.05, 0.1) is 18.8 Å². The van der Waals surface area contributed by atoms with Crippen molar-refractivity contribution in [2.24, 2.45) is 0 Å². The molecule has 5 rings (SSSR count). The summed E-state index contributed by atoms with van der Waals surface area (Å²) in [6, 6.07) is 1.41. The third kappa shape index (κ3) is 4.11. The molecule has 0 saturated carbocycles. The van der Waals surface area contributed by atoms with Crippen LogP contribution in [0.1, 0.15) is 35.1 Å². The number of anilines is 1. The van der Waals surface area contributed by atoms with Gasteiger partial charge in [0.15, 0.2) is 10.9 Å². The molecule has 160 valence electrons. The van der Waals surface area contributed by atoms with Crippen LogP contribution in [0.25, 0.3) is 4.72 Å². The van der Waals surface area contributed by atoms with Gasteiger partial charge in [-0.1, -0.05) is 6.07 Å². The second kappa shape index (κ2) is 8.74. The van der Waals surface area contributed by atoms with E-state index in [2.05, 4.69) is 26.5 Å². The monoisotopic (exact) mass is 453 g/mol. The molecule has 31 heavy (non-hydrogen) atoms. The Morgan fingerprint density at radius 2 is 1.87 bits per heavy atom. The van der Waals surface area contributed by atoms with Gasteiger partial charge in [-0.3, -0.25) is 4.79 Å². The Labute approximate surface area is 203 Å². The number of fused-ring (bicyclic) bond motifs is 3. The molecule has 2 aliphatic carbocycles. The first-order valence-electron chi connectivity index (χ1n) is 10.3. The average Bonchev–Trinajstić information content (AvgIpc) is 3.45. The van der Waals surface area contributed by atoms with Crippen molar-refractivity contribution in [1.82, 2.24) is 15.1 Å². The zero-order valence-electron chi connectivity index (χ0n) is 17.8. The largest absolute Gasteiger partial charge is 1.00 e. The second-order valence-corrected chi connectivity index (χ2v) is 9.60. The minimum absolute atomic E-state index is 0. The van der Waals surface area contributed by atoms with E-state index in [0.29, 0.717) is 13.2 Å². The molecule has 2 N–H and O–H groups in total. The van der Waals surface area contributed by atoms with E-state index in [1.165, 1.54) is 22.0 Å². The number of likely N-dealkylation sites (N-methyl/N-ethyl adjacent to an activating group) is 1. The number of carbonyl (C=O) groups excluding carboxylic acids is 1. The molecule has 0 spiro atoms. The minimum Gasteiger partial charge on any atom is -0.475 e. The van der Waals surface area contributed by atoms with Crippen molar-refractivity contribution in [2.75, 3.05) is 19.0 Å². The van der Waals surface area contributed by atoms with Crippen LogP contribution in [0.3, 0.4) is 0 Å². The maximum Gasteiger partial charge on any atom is 1.00 e. The fourth-order valence-electron chi connectivity index (χ4n) is 4.68. The molecule has 1 atom stereocenters. The molecule has 2 aromatic rings. The molecule has 1 aromatic carbocycles. The molecule has 3 aliphatic rings. The van der Waals surface area contributed by atoms with Crippen molar-refractivity contribution in [3.63, 3.8) is 0 Å². The molecule has 0 saturated heterocycles. The summed E-state index contributed by atoms with van der Waals surface area (Å²) in [7, 11) is -2.44. The predicted molar refractivity (Wildman–Crippen MR) is 111 cm³/mol. The van der Waals surface area contributed by atoms with E-state index in [9.17, 15) is 13.2 Å². The molecule has 1 aliphatic heterocycles. The van der Waals surface area contributed by atoms with Crippen molar-refractivity contribution in [1.29, 1.82) is 0 Å². The Morgan fingerprint density at radius 1 is 1.19 bits per heavy atom. The van der Waals surface area contributed by atoms with Gasteiger partial charge in [-0.15, -0.1) is 0 Å². The average molecular weight is 454 g/mol. The Hall–Kier alpha value is -1.59. The van der Waals surface area contributed by atoms with Crippen molar-refractivity contribution in [3.05, 3.63) is 39.2 Å². The summed E-state index contributed by atoms with van der Waals surface area (Å²) in [4.78, 5) is 12.5. The Kier molecular flexibility index (Phi) is 6.37. The molecule has 0 bridgehead atoms. The van der Waals surface area contributed by atoms with Crippen molar-refractivity contribution in [3.8, 4) is 5.88 Å². The van der Waals surface area contributed by atoms with Crippen LogP contribution in [-0.2, 0) is 42.3 Å². The van der Waals surface area contributed by atoms with Crippen molar-refractivity contribution in [2.45, 2.75) is 56.0 Å². The number of hydrogen-bond donors (Lipinski definition) is 2. The van der Waals surface area contributed by atoms with Gasteiger partial charge in [0, 0.05) is 0 Å². The molecule has 1 unspecified atom stereocenters. The number of hydrogen-bond acceptors (Lipinski definition) is 6. The second-order valence-electron chi connectivity index (χ2n) is 8.02. The molecule has 0 fully saturated rings. The number of nitrogens with zero attached hydrogens (tertiary/aromatic N) is 3. The van der Waals surface area contributed by atoms with Gasteiger partial charge in [-0.2, -0.15) is 5.10 Å². The number of benzene rings is 1. The van der Waals surface area contributed by atoms with E-state index in [-0.39, 0.29) is 46.4 Å². The standard InChI is InChI=1S/C20H25N5O4S.Na/c1-21-14-10-25-19(29-11-14)17(9-22-25)30(27,28)24-20(26)23-18-15-6-2-4-12(15)8-13-5-3-7-16(13)18;/h8-9,14,21H,2-7,10-11H2,1H3,(H2,23,24,26);/q;+1/p-1. The third-order valence-corrected chi connectivity index (χ3v) is 7.41. The maximum absolute atomic E-state index is 12.8. The number of aromatic nitrogens is 2. The van der Waals surface area contributed by atoms with E-state index >= 15 is 0 Å². The topological polar surface area (TPSA) is 116 Å². The number of urea groups is 1. The Bertz CT molecular complexity index is 1100. The van der Waals surface area contributed by atoms with Gasteiger partial charge < -0.3 is 20.1 Å². The van der Waals surface area contributed by atoms with E-state index in [4.69, 9.17) is 4.74 Å². The van der Waals surface area contributed by atoms with E-state index < -0.39 is 16.1 Å². The van der Waals surface area contributed by atoms with Crippen LogP contribution in [0.2, 0.25) is 0 Å². The van der Waals surface area contributed by atoms with Gasteiger partial charge >= 0.3 is 29.6 Å². The van der Waals surface area contributed by atoms with Crippen LogP contribution in [0, 0.1) is 0 Å². The molecule has 1 aromatic heterocycles. The fraction of sp³-hybridized carbons (Fsp3) is 0.500. The van der Waals surface area contributed by atoms with Crippen LogP contribution in [0.5, 0.6) is 5.88 Å². The summed E-state index contributed by atoms with van der Waals surface area (Å²) in [5.41, 5.74) is 5.53. The number of sulfonamides is 1. The van der Waals surface area contributed by atoms with E-state index in [1.807, 2.05) is 0 Å². The van der Waals surface area contributed by atoms with Crippen LogP contribution < -0.4 is 44.9 Å². The first-order chi connectivity index (χ1) is 14.5. The van der Waals surface area contributed by atoms with Gasteiger partial charge in [-0.25, -0.2) is 13.1 Å². The zero-order valence-corrected chi connectivity index (χ0v) is 20.6. The van der Waals surface area contributed by atoms with Crippen LogP contribution in [-0.4, -0.2) is 43.9 Å². The van der Waals surface area contributed by atoms with E-state index in [0.717, 1.165) is 55.3 Å². The minimum atomic E-state index is -4.25. The van der Waals surface area contributed by atoms with Gasteiger partial charge in [-0.05, 0) is 73.5 Å². The Balaban J connectivity index is 0.00000231. The fourth-order valence-corrected chi connectivity index (χ4v) is 5.61. The predicted octanol–water partition coefficient (Wildman–Crippen LogP) is -0.861. The summed E-state index contributed by atoms with van der Waals surface area (Å²) < 4.78 is 36.2. The normalized spacial score (nSPS) is 18.9. The van der Waals surface area contributed by atoms with Crippen molar-refractivity contribution < 1.29 is 47.5 Å². The van der Waals surface area contributed by atoms with Crippen LogP contribution in [0.4, 0.5) is 10.5 Å². The first kappa shape index (κ1) is 22.6. The molecular formula is C20H24N5NaO4S. The van der Waals surface area contributed by atoms with Gasteiger partial charge in [0.1, 0.15) is 6.61 Å². The molecule has 2 heterocycles. The summed E-state index contributed by atoms with van der Waals surface area (Å²) in [5.74, 6) is 0.125. The quantitative estimate of drug-likeness (QED) is 0.582. The zero-order chi connectivity index (χ0) is 20.9. The summed E-state index contributed by atoms with van der Waals surface area (Å²) in [5, 5.41) is 9.95. The molecule has 0 radical (unpaired) electrons. The number of nitrogens with one attached hydrogen (secondary N) is 2. The number of ether oxygens (including phenoxy) is 1. The summed E-state index contributed by atoms with van der Waals surface area (Å²) >= 11 is 0. The molecule has 2 amide bonds. The number of amides is 2. The smallest absolute Gasteiger partial charge is 0.475 e. The van der Waals surface area contributed by atoms with Crippen LogP contribution >= 0.6 is 0 Å². The molecule has 11 heteroatoms. The summed E-state index contributed by atoms with van der Waals surface area (Å²) in [6.07, 6.45) is 7.05. The third-order valence-electron chi connectivity index (χ3n) is 6.17. The van der Waals surface area contributed by atoms with Gasteiger partial charge in [0.2, 0.25) is 15.9 Å². The first-order valence-corrected chi connectivity index (χ1v) is 11.7. The van der Waals surface area contributed by atoms with E-state index in [1.54, 1.807) is 7.05 Å². The Morgan fingerprint density at radius 3 is 2.52 bits per heavy atom. The maximum atomic E-state index is 12.8. The molecule has 9 nitrogen and oxygen atoms in total. The number of aryl methyl sites for hydroxylation is 2. The number of rotatable bonds is 4. The molecular weight excluding hydrogens is 429 g/mol. The SMILES string of the molecule is CNC1COc2c(S(=O)(=O)[N-]C(=O)Nc3c4c(cc5c3CCC5)CCC4)cnn2C1.[Na+]. The number of carbonyl (C=O) groups is 1. The van der Waals surface area contributed by atoms with Gasteiger partial charge in [0.25, 0.3) is 0 Å². The van der Waals surface area contributed by atoms with Crippen LogP contribution in [0.15, 0.2) is 17.2 Å². The van der Waals surface area contributed by atoms with Crippen molar-refractivity contribution >= 4 is 21.7 Å².